The summed E-state index contributed by atoms with van der Waals surface area (Å²) in [6.07, 6.45) is 2.29. The van der Waals surface area contributed by atoms with Crippen molar-refractivity contribution in [3.63, 3.8) is 0 Å². The van der Waals surface area contributed by atoms with Crippen molar-refractivity contribution in [3.8, 4) is 0 Å². The fraction of sp³-hybridized carbons (Fsp3) is 1.00. The lowest BCUT2D eigenvalue weighted by Gasteiger charge is -2.09. The molecule has 0 spiro atoms. The normalized spacial score (nSPS) is 12.8. The Kier molecular flexibility index (Phi) is 16.7. The maximum atomic E-state index is 5.45. The molecule has 19 heavy (non-hydrogen) atoms. The van der Waals surface area contributed by atoms with E-state index in [4.69, 9.17) is 18.9 Å². The van der Waals surface area contributed by atoms with Gasteiger partial charge < -0.3 is 18.9 Å². The van der Waals surface area contributed by atoms with Crippen LogP contribution in [-0.4, -0.2) is 58.2 Å². The monoisotopic (exact) mass is 340 g/mol. The molecule has 5 heteroatoms. The molecule has 0 saturated heterocycles. The number of rotatable bonds is 15. The number of unbranched alkanes of at least 4 members (excludes halogenated alkanes) is 1. The molecule has 0 aromatic rings. The van der Waals surface area contributed by atoms with E-state index >= 15 is 0 Å². The van der Waals surface area contributed by atoms with Gasteiger partial charge in [-0.1, -0.05) is 36.2 Å². The molecule has 1 unspecified atom stereocenters. The van der Waals surface area contributed by atoms with E-state index in [0.29, 0.717) is 45.6 Å². The molecule has 0 saturated carbocycles. The molecule has 4 nitrogen and oxygen atoms in total. The average molecular weight is 341 g/mol. The Morgan fingerprint density at radius 2 is 1.26 bits per heavy atom. The third-order valence-corrected chi connectivity index (χ3v) is 3.53. The summed E-state index contributed by atoms with van der Waals surface area (Å²) in [6, 6.07) is 0. The van der Waals surface area contributed by atoms with Crippen LogP contribution in [0.4, 0.5) is 0 Å². The Labute approximate surface area is 126 Å². The third-order valence-electron chi connectivity index (χ3n) is 2.42. The lowest BCUT2D eigenvalue weighted by atomic mass is 10.2. The summed E-state index contributed by atoms with van der Waals surface area (Å²) in [5.74, 6) is 0.552. The molecule has 0 N–H and O–H groups in total. The van der Waals surface area contributed by atoms with Crippen LogP contribution in [0.25, 0.3) is 0 Å². The highest BCUT2D eigenvalue weighted by molar-refractivity contribution is 9.09. The third kappa shape index (κ3) is 16.3. The van der Waals surface area contributed by atoms with Crippen LogP contribution < -0.4 is 0 Å². The molecule has 0 aliphatic rings. The van der Waals surface area contributed by atoms with Gasteiger partial charge in [0.05, 0.1) is 46.2 Å². The molecule has 0 aliphatic carbocycles. The van der Waals surface area contributed by atoms with Gasteiger partial charge in [0, 0.05) is 11.9 Å². The van der Waals surface area contributed by atoms with Crippen LogP contribution in [-0.2, 0) is 18.9 Å². The van der Waals surface area contributed by atoms with Crippen LogP contribution in [0.2, 0.25) is 0 Å². The fourth-order valence-corrected chi connectivity index (χ4v) is 1.42. The highest BCUT2D eigenvalue weighted by atomic mass is 79.9. The standard InChI is InChI=1S/C14H29BrO4/c1-3-4-5-16-6-7-17-8-9-18-10-11-19-13-14(2)12-15/h14H,3-13H2,1-2H3. The second-order valence-corrected chi connectivity index (χ2v) is 5.17. The van der Waals surface area contributed by atoms with Gasteiger partial charge in [0.2, 0.25) is 0 Å². The SMILES string of the molecule is CCCCOCCOCCOCCOCC(C)CBr. The molecule has 0 rings (SSSR count). The van der Waals surface area contributed by atoms with Crippen molar-refractivity contribution in [2.75, 3.05) is 58.2 Å². The first-order chi connectivity index (χ1) is 9.31. The van der Waals surface area contributed by atoms with Crippen LogP contribution in [0.3, 0.4) is 0 Å². The quantitative estimate of drug-likeness (QED) is 0.339. The minimum atomic E-state index is 0.552. The van der Waals surface area contributed by atoms with Crippen molar-refractivity contribution in [1.82, 2.24) is 0 Å². The number of alkyl halides is 1. The van der Waals surface area contributed by atoms with Crippen LogP contribution in [0.1, 0.15) is 26.7 Å². The predicted molar refractivity (Wildman–Crippen MR) is 81.1 cm³/mol. The lowest BCUT2D eigenvalue weighted by molar-refractivity contribution is -0.00460. The van der Waals surface area contributed by atoms with Gasteiger partial charge in [0.1, 0.15) is 0 Å². The molecule has 0 aliphatic heterocycles. The Morgan fingerprint density at radius 1 is 0.789 bits per heavy atom. The van der Waals surface area contributed by atoms with Gasteiger partial charge in [-0.2, -0.15) is 0 Å². The van der Waals surface area contributed by atoms with E-state index in [2.05, 4.69) is 29.8 Å². The zero-order valence-corrected chi connectivity index (χ0v) is 14.0. The zero-order chi connectivity index (χ0) is 14.2. The summed E-state index contributed by atoms with van der Waals surface area (Å²) in [6.45, 7) is 9.75. The Balaban J connectivity index is 2.95. The largest absolute Gasteiger partial charge is 0.379 e. The molecular formula is C14H29BrO4. The highest BCUT2D eigenvalue weighted by Gasteiger charge is 1.98. The summed E-state index contributed by atoms with van der Waals surface area (Å²) in [7, 11) is 0. The van der Waals surface area contributed by atoms with E-state index in [1.165, 1.54) is 6.42 Å². The van der Waals surface area contributed by atoms with E-state index in [0.717, 1.165) is 25.0 Å². The zero-order valence-electron chi connectivity index (χ0n) is 12.4. The molecule has 0 amide bonds. The van der Waals surface area contributed by atoms with Gasteiger partial charge >= 0.3 is 0 Å². The minimum absolute atomic E-state index is 0.552. The van der Waals surface area contributed by atoms with Crippen LogP contribution >= 0.6 is 15.9 Å². The summed E-state index contributed by atoms with van der Waals surface area (Å²) in [5, 5.41) is 0.974. The van der Waals surface area contributed by atoms with E-state index in [1.807, 2.05) is 0 Å². The van der Waals surface area contributed by atoms with Gasteiger partial charge in [-0.05, 0) is 12.3 Å². The van der Waals surface area contributed by atoms with Gasteiger partial charge in [0.15, 0.2) is 0 Å². The van der Waals surface area contributed by atoms with Crippen molar-refractivity contribution in [2.24, 2.45) is 5.92 Å². The Morgan fingerprint density at radius 3 is 1.74 bits per heavy atom. The van der Waals surface area contributed by atoms with Gasteiger partial charge in [-0.3, -0.25) is 0 Å². The molecule has 0 aromatic heterocycles. The van der Waals surface area contributed by atoms with E-state index in [1.54, 1.807) is 0 Å². The number of hydrogen-bond donors (Lipinski definition) is 0. The predicted octanol–water partition coefficient (Wildman–Crippen LogP) is 2.88. The first-order valence-electron chi connectivity index (χ1n) is 7.18. The molecule has 0 heterocycles. The fourth-order valence-electron chi connectivity index (χ4n) is 1.24. The molecule has 0 radical (unpaired) electrons. The number of ether oxygens (including phenoxy) is 4. The van der Waals surface area contributed by atoms with Crippen LogP contribution in [0.15, 0.2) is 0 Å². The van der Waals surface area contributed by atoms with Gasteiger partial charge in [-0.25, -0.2) is 0 Å². The smallest absolute Gasteiger partial charge is 0.0701 e. The van der Waals surface area contributed by atoms with Crippen molar-refractivity contribution in [2.45, 2.75) is 26.7 Å². The summed E-state index contributed by atoms with van der Waals surface area (Å²) >= 11 is 3.41. The van der Waals surface area contributed by atoms with Crippen molar-refractivity contribution < 1.29 is 18.9 Å². The molecule has 116 valence electrons. The van der Waals surface area contributed by atoms with Crippen LogP contribution in [0, 0.1) is 5.92 Å². The van der Waals surface area contributed by atoms with Crippen LogP contribution in [0.5, 0.6) is 0 Å². The van der Waals surface area contributed by atoms with E-state index in [-0.39, 0.29) is 0 Å². The van der Waals surface area contributed by atoms with Gasteiger partial charge in [0.25, 0.3) is 0 Å². The Bertz CT molecular complexity index is 170. The first-order valence-corrected chi connectivity index (χ1v) is 8.30. The molecule has 0 aromatic carbocycles. The summed E-state index contributed by atoms with van der Waals surface area (Å²) in [4.78, 5) is 0. The maximum Gasteiger partial charge on any atom is 0.0701 e. The van der Waals surface area contributed by atoms with Crippen molar-refractivity contribution in [3.05, 3.63) is 0 Å². The lowest BCUT2D eigenvalue weighted by Crippen LogP contribution is -2.14. The van der Waals surface area contributed by atoms with Gasteiger partial charge in [-0.15, -0.1) is 0 Å². The second kappa shape index (κ2) is 16.4. The maximum absolute atomic E-state index is 5.45. The number of hydrogen-bond acceptors (Lipinski definition) is 4. The summed E-state index contributed by atoms with van der Waals surface area (Å²) < 4.78 is 21.6. The highest BCUT2D eigenvalue weighted by Crippen LogP contribution is 1.99. The number of halogens is 1. The molecular weight excluding hydrogens is 312 g/mol. The average Bonchev–Trinajstić information content (AvgIpc) is 2.43. The minimum Gasteiger partial charge on any atom is -0.379 e. The molecule has 1 atom stereocenters. The van der Waals surface area contributed by atoms with Crippen molar-refractivity contribution >= 4 is 15.9 Å². The van der Waals surface area contributed by atoms with Crippen molar-refractivity contribution in [1.29, 1.82) is 0 Å². The second-order valence-electron chi connectivity index (χ2n) is 4.53. The van der Waals surface area contributed by atoms with E-state index < -0.39 is 0 Å². The molecule has 0 bridgehead atoms. The molecule has 0 fully saturated rings. The first kappa shape index (κ1) is 19.3. The Hall–Kier alpha value is 0.320. The summed E-state index contributed by atoms with van der Waals surface area (Å²) in [5.41, 5.74) is 0. The topological polar surface area (TPSA) is 36.9 Å². The van der Waals surface area contributed by atoms with E-state index in [9.17, 15) is 0 Å².